The molecule has 0 aliphatic heterocycles. The topological polar surface area (TPSA) is 26.3 Å². The third-order valence-corrected chi connectivity index (χ3v) is 0.911. The molecule has 0 unspecified atom stereocenters. The molecule has 0 atom stereocenters. The first kappa shape index (κ1) is 6.78. The maximum absolute atomic E-state index is 11.2. The van der Waals surface area contributed by atoms with E-state index in [9.17, 15) is 9.18 Å². The highest BCUT2D eigenvalue weighted by molar-refractivity contribution is 5.98. The lowest BCUT2D eigenvalue weighted by Crippen LogP contribution is -1.95. The molecule has 0 aliphatic carbocycles. The van der Waals surface area contributed by atoms with Gasteiger partial charge in [0.05, 0.1) is 6.42 Å². The van der Waals surface area contributed by atoms with Crippen LogP contribution in [0.25, 0.3) is 0 Å². The Kier molecular flexibility index (Phi) is 3.82. The van der Waals surface area contributed by atoms with Crippen LogP contribution in [0, 0.1) is 0 Å². The van der Waals surface area contributed by atoms with Gasteiger partial charge in [0.25, 0.3) is 0 Å². The average molecular weight is 122 g/mol. The molecule has 0 aromatic carbocycles. The fraction of sp³-hybridized carbons (Fsp3) is 0.667. The number of rotatable bonds is 3. The van der Waals surface area contributed by atoms with E-state index in [0.29, 0.717) is 10.5 Å². The predicted octanol–water partition coefficient (Wildman–Crippen LogP) is -0.830. The highest BCUT2D eigenvalue weighted by Gasteiger charge is 1.92. The van der Waals surface area contributed by atoms with Crippen molar-refractivity contribution in [2.75, 3.05) is 6.61 Å². The first-order valence-electron chi connectivity index (χ1n) is 1.94. The second kappa shape index (κ2) is 3.95. The van der Waals surface area contributed by atoms with Gasteiger partial charge in [0.1, 0.15) is 10.5 Å². The lowest BCUT2D eigenvalue weighted by Gasteiger charge is -1.87. The zero-order chi connectivity index (χ0) is 5.70. The van der Waals surface area contributed by atoms with Gasteiger partial charge in [-0.25, -0.2) is 0 Å². The van der Waals surface area contributed by atoms with E-state index in [1.807, 2.05) is 0 Å². The Morgan fingerprint density at radius 2 is 2.43 bits per heavy atom. The van der Waals surface area contributed by atoms with Crippen LogP contribution in [0.5, 0.6) is 0 Å². The molecule has 0 rings (SSSR count). The van der Waals surface area contributed by atoms with Crippen LogP contribution in [0.4, 0.5) is 4.39 Å². The van der Waals surface area contributed by atoms with Crippen molar-refractivity contribution in [2.24, 2.45) is 0 Å². The van der Waals surface area contributed by atoms with Crippen LogP contribution in [0.3, 0.4) is 0 Å². The molecular formula is C3H7FO2Si. The van der Waals surface area contributed by atoms with Crippen molar-refractivity contribution in [2.45, 2.75) is 6.42 Å². The first-order valence-corrected chi connectivity index (χ1v) is 2.76. The molecule has 0 saturated carbocycles. The summed E-state index contributed by atoms with van der Waals surface area (Å²) in [7, 11) is 0.576. The lowest BCUT2D eigenvalue weighted by atomic mass is 10.5. The van der Waals surface area contributed by atoms with Crippen LogP contribution in [0.1, 0.15) is 6.42 Å². The van der Waals surface area contributed by atoms with E-state index in [2.05, 4.69) is 4.43 Å². The van der Waals surface area contributed by atoms with E-state index in [-0.39, 0.29) is 13.0 Å². The van der Waals surface area contributed by atoms with Gasteiger partial charge in [0.2, 0.25) is 0 Å². The maximum atomic E-state index is 11.2. The predicted molar refractivity (Wildman–Crippen MR) is 26.6 cm³/mol. The quantitative estimate of drug-likeness (QED) is 0.361. The number of halogens is 1. The highest BCUT2D eigenvalue weighted by atomic mass is 28.2. The summed E-state index contributed by atoms with van der Waals surface area (Å²) in [5.74, 6) is 0. The van der Waals surface area contributed by atoms with Crippen molar-refractivity contribution in [3.63, 3.8) is 0 Å². The van der Waals surface area contributed by atoms with Gasteiger partial charge >= 0.3 is 6.04 Å². The summed E-state index contributed by atoms with van der Waals surface area (Å²) in [6.45, 7) is 0.238. The van der Waals surface area contributed by atoms with E-state index in [4.69, 9.17) is 0 Å². The number of hydrogen-bond donors (Lipinski definition) is 0. The Morgan fingerprint density at radius 3 is 2.57 bits per heavy atom. The fourth-order valence-electron chi connectivity index (χ4n) is 0.182. The summed E-state index contributed by atoms with van der Waals surface area (Å²) < 4.78 is 15.7. The van der Waals surface area contributed by atoms with E-state index >= 15 is 0 Å². The summed E-state index contributed by atoms with van der Waals surface area (Å²) >= 11 is 0. The summed E-state index contributed by atoms with van der Waals surface area (Å²) in [5.41, 5.74) is 0. The van der Waals surface area contributed by atoms with Crippen LogP contribution in [0.15, 0.2) is 0 Å². The summed E-state index contributed by atoms with van der Waals surface area (Å²) in [6.07, 6.45) is -0.0938. The van der Waals surface area contributed by atoms with Crippen molar-refractivity contribution >= 4 is 16.5 Å². The zero-order valence-corrected chi connectivity index (χ0v) is 6.11. The molecule has 0 bridgehead atoms. The Bertz CT molecular complexity index is 66.0. The molecule has 2 nitrogen and oxygen atoms in total. The van der Waals surface area contributed by atoms with Crippen molar-refractivity contribution in [3.8, 4) is 0 Å². The number of carbonyl (C=O) groups is 1. The van der Waals surface area contributed by atoms with Gasteiger partial charge < -0.3 is 4.43 Å². The minimum atomic E-state index is -1.30. The molecule has 42 valence electrons. The Morgan fingerprint density at radius 1 is 1.86 bits per heavy atom. The number of hydrogen-bond acceptors (Lipinski definition) is 2. The van der Waals surface area contributed by atoms with Gasteiger partial charge in [0.15, 0.2) is 0 Å². The third kappa shape index (κ3) is 5.78. The van der Waals surface area contributed by atoms with Crippen molar-refractivity contribution in [1.29, 1.82) is 0 Å². The van der Waals surface area contributed by atoms with Gasteiger partial charge in [-0.1, -0.05) is 0 Å². The molecule has 0 fully saturated rings. The smallest absolute Gasteiger partial charge is 0.303 e. The summed E-state index contributed by atoms with van der Waals surface area (Å²) in [6, 6.07) is -1.30. The van der Waals surface area contributed by atoms with E-state index in [1.54, 1.807) is 0 Å². The normalized spacial score (nSPS) is 9.29. The molecule has 0 spiro atoms. The molecule has 0 aliphatic rings. The molecule has 0 N–H and O–H groups in total. The Hall–Kier alpha value is -0.223. The van der Waals surface area contributed by atoms with Crippen LogP contribution < -0.4 is 0 Å². The second-order valence-electron chi connectivity index (χ2n) is 1.10. The summed E-state index contributed by atoms with van der Waals surface area (Å²) in [5, 5.41) is 0. The third-order valence-electron chi connectivity index (χ3n) is 0.503. The molecule has 0 heterocycles. The van der Waals surface area contributed by atoms with Crippen LogP contribution in [0.2, 0.25) is 0 Å². The van der Waals surface area contributed by atoms with E-state index in [0.717, 1.165) is 0 Å². The van der Waals surface area contributed by atoms with Crippen molar-refractivity contribution < 1.29 is 13.6 Å². The fourth-order valence-corrected chi connectivity index (χ4v) is 0.386. The SMILES string of the molecule is O=C(F)CCO[SiH3]. The monoisotopic (exact) mass is 122 g/mol. The molecule has 0 radical (unpaired) electrons. The second-order valence-corrected chi connectivity index (χ2v) is 1.68. The Labute approximate surface area is 44.2 Å². The van der Waals surface area contributed by atoms with Crippen molar-refractivity contribution in [3.05, 3.63) is 0 Å². The zero-order valence-electron chi connectivity index (χ0n) is 4.11. The lowest BCUT2D eigenvalue weighted by molar-refractivity contribution is -0.129. The molecule has 0 aromatic rings. The molecule has 0 aromatic heterocycles. The highest BCUT2D eigenvalue weighted by Crippen LogP contribution is 1.81. The van der Waals surface area contributed by atoms with Crippen LogP contribution in [-0.2, 0) is 9.22 Å². The number of carbonyl (C=O) groups excluding carboxylic acids is 1. The molecule has 0 saturated heterocycles. The standard InChI is InChI=1S/C3H7FO2Si/c4-3(5)1-2-6-7/h1-2H2,7H3. The van der Waals surface area contributed by atoms with Crippen LogP contribution >= 0.6 is 0 Å². The summed E-state index contributed by atoms with van der Waals surface area (Å²) in [4.78, 5) is 9.47. The largest absolute Gasteiger partial charge is 0.427 e. The van der Waals surface area contributed by atoms with Gasteiger partial charge in [-0.15, -0.1) is 0 Å². The van der Waals surface area contributed by atoms with Crippen molar-refractivity contribution in [1.82, 2.24) is 0 Å². The van der Waals surface area contributed by atoms with Gasteiger partial charge in [-0.3, -0.25) is 4.79 Å². The minimum Gasteiger partial charge on any atom is -0.427 e. The molecular weight excluding hydrogens is 115 g/mol. The first-order chi connectivity index (χ1) is 3.27. The van der Waals surface area contributed by atoms with Gasteiger partial charge in [-0.05, 0) is 0 Å². The van der Waals surface area contributed by atoms with E-state index in [1.165, 1.54) is 0 Å². The molecule has 0 amide bonds. The van der Waals surface area contributed by atoms with Gasteiger partial charge in [0, 0.05) is 6.61 Å². The molecule has 7 heavy (non-hydrogen) atoms. The van der Waals surface area contributed by atoms with E-state index < -0.39 is 6.04 Å². The average Bonchev–Trinajstić information content (AvgIpc) is 1.61. The van der Waals surface area contributed by atoms with Gasteiger partial charge in [-0.2, -0.15) is 4.39 Å². The minimum absolute atomic E-state index is 0.0938. The maximum Gasteiger partial charge on any atom is 0.303 e. The van der Waals surface area contributed by atoms with Crippen LogP contribution in [-0.4, -0.2) is 23.1 Å². The molecule has 4 heteroatoms. The Balaban J connectivity index is 2.82.